The Kier molecular flexibility index (Phi) is 6.55. The molecule has 1 aliphatic rings. The summed E-state index contributed by atoms with van der Waals surface area (Å²) in [5.74, 6) is -2.63. The number of carbonyl (C=O) groups is 3. The number of amides is 1. The summed E-state index contributed by atoms with van der Waals surface area (Å²) >= 11 is 4.28. The summed E-state index contributed by atoms with van der Waals surface area (Å²) in [4.78, 5) is 49.8. The van der Waals surface area contributed by atoms with Crippen LogP contribution in [0, 0.1) is 20.8 Å². The molecule has 1 atom stereocenters. The number of aromatic nitrogens is 3. The molecule has 4 heterocycles. The van der Waals surface area contributed by atoms with Crippen LogP contribution in [0.1, 0.15) is 50.8 Å². The van der Waals surface area contributed by atoms with E-state index in [-0.39, 0.29) is 38.2 Å². The molecule has 5 rings (SSSR count). The smallest absolute Gasteiger partial charge is 0.301 e. The number of ether oxygens (including phenoxy) is 1. The molecule has 0 spiro atoms. The van der Waals surface area contributed by atoms with Gasteiger partial charge in [0.05, 0.1) is 39.5 Å². The van der Waals surface area contributed by atoms with Crippen LogP contribution in [0.5, 0.6) is 11.5 Å². The molecule has 0 radical (unpaired) electrons. The molecule has 10 nitrogen and oxygen atoms in total. The van der Waals surface area contributed by atoms with Gasteiger partial charge in [-0.1, -0.05) is 17.4 Å². The van der Waals surface area contributed by atoms with E-state index in [9.17, 15) is 24.6 Å². The number of phenolic OH excluding ortho intramolecular Hbond substituents is 1. The molecule has 1 aromatic carbocycles. The number of ketones is 2. The fraction of sp³-hybridized carbons (Fsp3) is 0.222. The minimum Gasteiger partial charge on any atom is -0.505 e. The number of aromatic hydroxyl groups is 1. The maximum Gasteiger partial charge on any atom is 0.301 e. The number of aryl methyl sites for hydroxylation is 3. The molecule has 0 saturated carbocycles. The number of anilines is 1. The van der Waals surface area contributed by atoms with Crippen molar-refractivity contribution in [1.29, 1.82) is 0 Å². The number of carbonyl (C=O) groups excluding carboxylic acids is 3. The van der Waals surface area contributed by atoms with Crippen LogP contribution in [-0.4, -0.2) is 49.2 Å². The lowest BCUT2D eigenvalue weighted by Crippen LogP contribution is -2.29. The number of fused-ring (bicyclic) bond motifs is 1. The highest BCUT2D eigenvalue weighted by Gasteiger charge is 2.49. The summed E-state index contributed by atoms with van der Waals surface area (Å²) in [6.07, 6.45) is 1.79. The van der Waals surface area contributed by atoms with E-state index in [1.54, 1.807) is 24.4 Å². The maximum absolute atomic E-state index is 13.6. The normalized spacial score (nSPS) is 16.9. The van der Waals surface area contributed by atoms with Gasteiger partial charge >= 0.3 is 5.91 Å². The zero-order valence-corrected chi connectivity index (χ0v) is 24.0. The molecule has 1 amide bonds. The van der Waals surface area contributed by atoms with E-state index in [4.69, 9.17) is 4.74 Å². The van der Waals surface area contributed by atoms with Gasteiger partial charge in [-0.2, -0.15) is 0 Å². The second-order valence-electron chi connectivity index (χ2n) is 9.12. The van der Waals surface area contributed by atoms with Crippen LogP contribution in [0.15, 0.2) is 40.5 Å². The third kappa shape index (κ3) is 4.10. The lowest BCUT2D eigenvalue weighted by molar-refractivity contribution is -0.132. The Bertz CT molecular complexity index is 1750. The molecule has 4 aromatic rings. The number of hydrogen-bond donors (Lipinski definition) is 2. The number of methoxy groups -OCH3 is 1. The highest BCUT2D eigenvalue weighted by atomic mass is 79.9. The topological polar surface area (TPSA) is 134 Å². The van der Waals surface area contributed by atoms with E-state index >= 15 is 0 Å². The summed E-state index contributed by atoms with van der Waals surface area (Å²) in [5, 5.41) is 22.1. The van der Waals surface area contributed by atoms with Crippen molar-refractivity contribution < 1.29 is 29.3 Å². The van der Waals surface area contributed by atoms with E-state index in [1.807, 2.05) is 19.1 Å². The number of thiazole rings is 1. The Hall–Kier alpha value is -4.03. The van der Waals surface area contributed by atoms with Gasteiger partial charge in [-0.05, 0) is 66.0 Å². The van der Waals surface area contributed by atoms with Gasteiger partial charge in [-0.25, -0.2) is 9.97 Å². The number of pyridine rings is 1. The van der Waals surface area contributed by atoms with Crippen LogP contribution >= 0.6 is 27.3 Å². The number of imidazole rings is 1. The van der Waals surface area contributed by atoms with Gasteiger partial charge in [0.1, 0.15) is 11.3 Å². The molecular formula is C27H23BrN4O6S. The van der Waals surface area contributed by atoms with Gasteiger partial charge in [0, 0.05) is 13.1 Å². The van der Waals surface area contributed by atoms with E-state index in [0.717, 1.165) is 21.8 Å². The van der Waals surface area contributed by atoms with E-state index in [2.05, 4.69) is 25.9 Å². The van der Waals surface area contributed by atoms with Crippen molar-refractivity contribution in [3.05, 3.63) is 73.6 Å². The van der Waals surface area contributed by atoms with Crippen molar-refractivity contribution in [3.8, 4) is 11.5 Å². The van der Waals surface area contributed by atoms with Crippen molar-refractivity contribution in [2.45, 2.75) is 33.7 Å². The van der Waals surface area contributed by atoms with E-state index in [1.165, 1.54) is 26.2 Å². The first-order valence-electron chi connectivity index (χ1n) is 11.8. The highest BCUT2D eigenvalue weighted by molar-refractivity contribution is 9.10. The second-order valence-corrected chi connectivity index (χ2v) is 11.0. The zero-order valence-electron chi connectivity index (χ0n) is 21.6. The van der Waals surface area contributed by atoms with Gasteiger partial charge in [0.2, 0.25) is 0 Å². The van der Waals surface area contributed by atoms with Crippen molar-refractivity contribution in [1.82, 2.24) is 14.4 Å². The van der Waals surface area contributed by atoms with Crippen LogP contribution in [-0.2, 0) is 9.59 Å². The van der Waals surface area contributed by atoms with Crippen molar-refractivity contribution in [3.63, 3.8) is 0 Å². The van der Waals surface area contributed by atoms with Crippen molar-refractivity contribution in [2.24, 2.45) is 0 Å². The SMILES string of the molecule is COc1cc(C2C(=C(O)c3nc4c(C)cccn4c3C)C(=O)C(=O)N2c2nc(C)c(C(C)=O)s2)cc(Br)c1O. The maximum atomic E-state index is 13.6. The monoisotopic (exact) mass is 610 g/mol. The van der Waals surface area contributed by atoms with Crippen LogP contribution in [0.2, 0.25) is 0 Å². The first-order valence-corrected chi connectivity index (χ1v) is 13.4. The zero-order chi connectivity index (χ0) is 28.3. The van der Waals surface area contributed by atoms with E-state index in [0.29, 0.717) is 27.5 Å². The molecule has 2 N–H and O–H groups in total. The number of halogens is 1. The molecule has 12 heteroatoms. The largest absolute Gasteiger partial charge is 0.505 e. The summed E-state index contributed by atoms with van der Waals surface area (Å²) in [5.41, 5.74) is 2.74. The Morgan fingerprint density at radius 3 is 2.51 bits per heavy atom. The highest BCUT2D eigenvalue weighted by Crippen LogP contribution is 2.47. The number of rotatable bonds is 5. The Balaban J connectivity index is 1.81. The Morgan fingerprint density at radius 2 is 1.90 bits per heavy atom. The van der Waals surface area contributed by atoms with Gasteiger partial charge in [-0.3, -0.25) is 19.3 Å². The molecule has 1 unspecified atom stereocenters. The fourth-order valence-corrected chi connectivity index (χ4v) is 6.19. The van der Waals surface area contributed by atoms with Crippen molar-refractivity contribution in [2.75, 3.05) is 12.0 Å². The molecule has 1 saturated heterocycles. The predicted octanol–water partition coefficient (Wildman–Crippen LogP) is 5.02. The van der Waals surface area contributed by atoms with Crippen LogP contribution in [0.4, 0.5) is 5.13 Å². The molecule has 0 aliphatic carbocycles. The number of aliphatic hydroxyl groups excluding tert-OH is 1. The Morgan fingerprint density at radius 1 is 1.18 bits per heavy atom. The number of benzene rings is 1. The number of phenols is 1. The lowest BCUT2D eigenvalue weighted by Gasteiger charge is -2.23. The minimum absolute atomic E-state index is 0.0873. The fourth-order valence-electron chi connectivity index (χ4n) is 4.74. The first kappa shape index (κ1) is 26.6. The second kappa shape index (κ2) is 9.62. The third-order valence-corrected chi connectivity index (χ3v) is 8.51. The standard InChI is InChI=1S/C27H23BrN4O6S/c1-11-7-6-8-31-13(3)19(30-25(11)31)22(35)18-20(15-9-16(28)21(34)17(10-15)38-5)32(26(37)23(18)36)27-29-12(2)24(39-27)14(4)33/h6-10,20,34-35H,1-5H3. The Labute approximate surface area is 235 Å². The number of Topliss-reactive ketones (excluding diaryl/α,β-unsaturated/α-hetero) is 2. The van der Waals surface area contributed by atoms with Gasteiger partial charge in [0.25, 0.3) is 5.78 Å². The van der Waals surface area contributed by atoms with Crippen LogP contribution in [0.25, 0.3) is 11.4 Å². The molecule has 1 fully saturated rings. The third-order valence-electron chi connectivity index (χ3n) is 6.65. The molecule has 0 bridgehead atoms. The molecular weight excluding hydrogens is 588 g/mol. The summed E-state index contributed by atoms with van der Waals surface area (Å²) in [6.45, 7) is 6.67. The average molecular weight is 611 g/mol. The van der Waals surface area contributed by atoms with Gasteiger partial charge < -0.3 is 19.4 Å². The molecule has 39 heavy (non-hydrogen) atoms. The summed E-state index contributed by atoms with van der Waals surface area (Å²) < 4.78 is 7.35. The summed E-state index contributed by atoms with van der Waals surface area (Å²) in [7, 11) is 1.37. The van der Waals surface area contributed by atoms with Crippen molar-refractivity contribution >= 4 is 61.3 Å². The lowest BCUT2D eigenvalue weighted by atomic mass is 9.96. The van der Waals surface area contributed by atoms with Crippen LogP contribution < -0.4 is 9.64 Å². The first-order chi connectivity index (χ1) is 18.5. The quantitative estimate of drug-likeness (QED) is 0.139. The minimum atomic E-state index is -1.16. The van der Waals surface area contributed by atoms with Gasteiger partial charge in [-0.15, -0.1) is 0 Å². The van der Waals surface area contributed by atoms with Gasteiger partial charge in [0.15, 0.2) is 28.2 Å². The van der Waals surface area contributed by atoms with E-state index < -0.39 is 23.5 Å². The number of nitrogens with zero attached hydrogens (tertiary/aromatic N) is 4. The number of aliphatic hydroxyl groups is 1. The average Bonchev–Trinajstić information content (AvgIpc) is 3.53. The molecule has 200 valence electrons. The molecule has 1 aliphatic heterocycles. The molecule has 3 aromatic heterocycles. The number of hydrogen-bond acceptors (Lipinski definition) is 9. The van der Waals surface area contributed by atoms with Crippen LogP contribution in [0.3, 0.4) is 0 Å². The predicted molar refractivity (Wildman–Crippen MR) is 149 cm³/mol. The summed E-state index contributed by atoms with van der Waals surface area (Å²) in [6, 6.07) is 5.57.